The van der Waals surface area contributed by atoms with Gasteiger partial charge < -0.3 is 14.8 Å². The van der Waals surface area contributed by atoms with E-state index in [0.717, 1.165) is 12.0 Å². The first-order valence-electron chi connectivity index (χ1n) is 9.23. The zero-order valence-electron chi connectivity index (χ0n) is 16.2. The van der Waals surface area contributed by atoms with Gasteiger partial charge in [0.25, 0.3) is 5.91 Å². The highest BCUT2D eigenvalue weighted by molar-refractivity contribution is 5.92. The van der Waals surface area contributed by atoms with Crippen LogP contribution in [0.2, 0.25) is 0 Å². The zero-order chi connectivity index (χ0) is 19.6. The molecule has 2 aromatic rings. The second-order valence-corrected chi connectivity index (χ2v) is 6.55. The predicted molar refractivity (Wildman–Crippen MR) is 106 cm³/mol. The second-order valence-electron chi connectivity index (χ2n) is 6.55. The number of hydrogen-bond donors (Lipinski definition) is 1. The molecule has 0 aliphatic rings. The Morgan fingerprint density at radius 2 is 1.70 bits per heavy atom. The average molecular weight is 369 g/mol. The number of ether oxygens (including phenoxy) is 2. The fourth-order valence-electron chi connectivity index (χ4n) is 2.43. The highest BCUT2D eigenvalue weighted by Crippen LogP contribution is 2.20. The summed E-state index contributed by atoms with van der Waals surface area (Å²) in [7, 11) is 0. The number of nitrogens with one attached hydrogen (secondary N) is 1. The van der Waals surface area contributed by atoms with E-state index in [1.807, 2.05) is 55.5 Å². The molecule has 0 unspecified atom stereocenters. The van der Waals surface area contributed by atoms with Gasteiger partial charge >= 0.3 is 5.97 Å². The van der Waals surface area contributed by atoms with E-state index in [1.165, 1.54) is 5.56 Å². The molecule has 0 aromatic heterocycles. The molecular weight excluding hydrogens is 342 g/mol. The lowest BCUT2D eigenvalue weighted by molar-refractivity contribution is -0.147. The Morgan fingerprint density at radius 3 is 2.33 bits per heavy atom. The summed E-state index contributed by atoms with van der Waals surface area (Å²) in [5, 5.41) is 2.72. The molecule has 0 radical (unpaired) electrons. The van der Waals surface area contributed by atoms with Crippen LogP contribution in [0.25, 0.3) is 0 Å². The predicted octanol–water partition coefficient (Wildman–Crippen LogP) is 4.46. The maximum atomic E-state index is 11.9. The summed E-state index contributed by atoms with van der Waals surface area (Å²) in [6, 6.07) is 15.3. The van der Waals surface area contributed by atoms with Gasteiger partial charge in [0.1, 0.15) is 5.75 Å². The van der Waals surface area contributed by atoms with Crippen molar-refractivity contribution in [3.05, 3.63) is 59.7 Å². The van der Waals surface area contributed by atoms with E-state index in [0.29, 0.717) is 17.4 Å². The van der Waals surface area contributed by atoms with Crippen molar-refractivity contribution < 1.29 is 19.1 Å². The van der Waals surface area contributed by atoms with E-state index in [2.05, 4.69) is 19.2 Å². The lowest BCUT2D eigenvalue weighted by Crippen LogP contribution is -2.21. The molecule has 1 atom stereocenters. The van der Waals surface area contributed by atoms with Gasteiger partial charge in [0.15, 0.2) is 6.61 Å². The van der Waals surface area contributed by atoms with E-state index in [-0.39, 0.29) is 25.5 Å². The van der Waals surface area contributed by atoms with Gasteiger partial charge in [-0.05, 0) is 49.1 Å². The molecule has 0 bridgehead atoms. The Morgan fingerprint density at radius 1 is 1.04 bits per heavy atom. The fraction of sp³-hybridized carbons (Fsp3) is 0.364. The number of rotatable bonds is 9. The molecule has 0 fully saturated rings. The Labute approximate surface area is 160 Å². The molecule has 144 valence electrons. The number of aryl methyl sites for hydroxylation is 1. The van der Waals surface area contributed by atoms with Crippen molar-refractivity contribution in [1.29, 1.82) is 0 Å². The van der Waals surface area contributed by atoms with Crippen LogP contribution in [-0.2, 0) is 14.3 Å². The fourth-order valence-corrected chi connectivity index (χ4v) is 2.43. The Balaban J connectivity index is 1.67. The number of amides is 1. The summed E-state index contributed by atoms with van der Waals surface area (Å²) in [6.07, 6.45) is 1.15. The standard InChI is InChI=1S/C22H27NO4/c1-4-17(3)18-7-9-19(10-8-18)23-21(24)15-27-22(25)13-14-26-20-11-5-16(2)6-12-20/h5-12,17H,4,13-15H2,1-3H3,(H,23,24)/t17-/m0/s1. The smallest absolute Gasteiger partial charge is 0.309 e. The van der Waals surface area contributed by atoms with E-state index in [1.54, 1.807) is 0 Å². The molecule has 0 saturated heterocycles. The van der Waals surface area contributed by atoms with E-state index in [9.17, 15) is 9.59 Å². The summed E-state index contributed by atoms with van der Waals surface area (Å²) >= 11 is 0. The van der Waals surface area contributed by atoms with Crippen LogP contribution in [0.1, 0.15) is 43.7 Å². The summed E-state index contributed by atoms with van der Waals surface area (Å²) < 4.78 is 10.5. The van der Waals surface area contributed by atoms with E-state index < -0.39 is 5.97 Å². The number of carbonyl (C=O) groups excluding carboxylic acids is 2. The summed E-state index contributed by atoms with van der Waals surface area (Å²) in [5.41, 5.74) is 3.06. The molecule has 0 heterocycles. The van der Waals surface area contributed by atoms with E-state index >= 15 is 0 Å². The molecule has 2 aromatic carbocycles. The van der Waals surface area contributed by atoms with Gasteiger partial charge in [-0.1, -0.05) is 43.7 Å². The van der Waals surface area contributed by atoms with Crippen molar-refractivity contribution in [2.75, 3.05) is 18.5 Å². The van der Waals surface area contributed by atoms with Crippen molar-refractivity contribution in [3.8, 4) is 5.75 Å². The third-order valence-electron chi connectivity index (χ3n) is 4.34. The monoisotopic (exact) mass is 369 g/mol. The lowest BCUT2D eigenvalue weighted by Gasteiger charge is -2.11. The quantitative estimate of drug-likeness (QED) is 0.663. The topological polar surface area (TPSA) is 64.6 Å². The normalized spacial score (nSPS) is 11.5. The van der Waals surface area contributed by atoms with Gasteiger partial charge in [0.05, 0.1) is 13.0 Å². The zero-order valence-corrected chi connectivity index (χ0v) is 16.2. The summed E-state index contributed by atoms with van der Waals surface area (Å²) in [4.78, 5) is 23.6. The minimum atomic E-state index is -0.468. The van der Waals surface area contributed by atoms with Crippen LogP contribution >= 0.6 is 0 Å². The van der Waals surface area contributed by atoms with Crippen LogP contribution in [0, 0.1) is 6.92 Å². The van der Waals surface area contributed by atoms with Crippen LogP contribution in [0.4, 0.5) is 5.69 Å². The summed E-state index contributed by atoms with van der Waals surface area (Å²) in [6.45, 7) is 6.19. The molecule has 1 N–H and O–H groups in total. The SMILES string of the molecule is CC[C@H](C)c1ccc(NC(=O)COC(=O)CCOc2ccc(C)cc2)cc1. The largest absolute Gasteiger partial charge is 0.493 e. The van der Waals surface area contributed by atoms with Gasteiger partial charge in [0.2, 0.25) is 0 Å². The van der Waals surface area contributed by atoms with Crippen LogP contribution in [0.15, 0.2) is 48.5 Å². The Kier molecular flexibility index (Phi) is 7.86. The number of esters is 1. The minimum Gasteiger partial charge on any atom is -0.493 e. The second kappa shape index (κ2) is 10.4. The van der Waals surface area contributed by atoms with Crippen LogP contribution in [-0.4, -0.2) is 25.1 Å². The highest BCUT2D eigenvalue weighted by atomic mass is 16.5. The number of hydrogen-bond acceptors (Lipinski definition) is 4. The molecule has 27 heavy (non-hydrogen) atoms. The molecule has 5 nitrogen and oxygen atoms in total. The molecule has 0 aliphatic heterocycles. The average Bonchev–Trinajstić information content (AvgIpc) is 2.68. The van der Waals surface area contributed by atoms with E-state index in [4.69, 9.17) is 9.47 Å². The Hall–Kier alpha value is -2.82. The number of carbonyl (C=O) groups is 2. The first-order valence-corrected chi connectivity index (χ1v) is 9.23. The van der Waals surface area contributed by atoms with Crippen LogP contribution in [0.5, 0.6) is 5.75 Å². The van der Waals surface area contributed by atoms with Gasteiger partial charge in [-0.15, -0.1) is 0 Å². The van der Waals surface area contributed by atoms with Gasteiger partial charge in [-0.3, -0.25) is 9.59 Å². The minimum absolute atomic E-state index is 0.0881. The van der Waals surface area contributed by atoms with Gasteiger partial charge in [-0.2, -0.15) is 0 Å². The maximum absolute atomic E-state index is 11.9. The van der Waals surface area contributed by atoms with Crippen molar-refractivity contribution in [3.63, 3.8) is 0 Å². The molecule has 5 heteroatoms. The maximum Gasteiger partial charge on any atom is 0.309 e. The molecule has 0 aliphatic carbocycles. The van der Waals surface area contributed by atoms with Crippen LogP contribution < -0.4 is 10.1 Å². The van der Waals surface area contributed by atoms with Gasteiger partial charge in [0, 0.05) is 5.69 Å². The third-order valence-corrected chi connectivity index (χ3v) is 4.34. The third kappa shape index (κ3) is 7.13. The first-order chi connectivity index (χ1) is 13.0. The van der Waals surface area contributed by atoms with Crippen molar-refractivity contribution in [2.45, 2.75) is 39.5 Å². The van der Waals surface area contributed by atoms with Crippen molar-refractivity contribution >= 4 is 17.6 Å². The molecular formula is C22H27NO4. The number of benzene rings is 2. The van der Waals surface area contributed by atoms with Crippen LogP contribution in [0.3, 0.4) is 0 Å². The summed E-state index contributed by atoms with van der Waals surface area (Å²) in [5.74, 6) is 0.355. The number of anilines is 1. The lowest BCUT2D eigenvalue weighted by atomic mass is 9.99. The molecule has 0 saturated carbocycles. The molecule has 2 rings (SSSR count). The highest BCUT2D eigenvalue weighted by Gasteiger charge is 2.09. The molecule has 1 amide bonds. The van der Waals surface area contributed by atoms with Gasteiger partial charge in [-0.25, -0.2) is 0 Å². The van der Waals surface area contributed by atoms with Crippen molar-refractivity contribution in [2.24, 2.45) is 0 Å². The Bertz CT molecular complexity index is 738. The first kappa shape index (κ1) is 20.5. The van der Waals surface area contributed by atoms with Crippen molar-refractivity contribution in [1.82, 2.24) is 0 Å². The molecule has 0 spiro atoms.